The number of benzene rings is 1. The van der Waals surface area contributed by atoms with Gasteiger partial charge in [0.15, 0.2) is 0 Å². The van der Waals surface area contributed by atoms with Crippen molar-refractivity contribution in [2.24, 2.45) is 17.8 Å². The number of aliphatic hydroxyl groups excluding tert-OH is 2. The number of ketones is 1. The number of nitrogens with one attached hydrogen (secondary N) is 4. The Bertz CT molecular complexity index is 1770. The molecule has 14 nitrogen and oxygen atoms in total. The summed E-state index contributed by atoms with van der Waals surface area (Å²) < 4.78 is 6.03. The van der Waals surface area contributed by atoms with Gasteiger partial charge in [0.05, 0.1) is 18.1 Å². The van der Waals surface area contributed by atoms with E-state index in [0.29, 0.717) is 25.0 Å². The van der Waals surface area contributed by atoms with Crippen molar-refractivity contribution in [1.29, 1.82) is 0 Å². The second-order valence-electron chi connectivity index (χ2n) is 15.8. The number of carbonyl (C=O) groups is 6. The average Bonchev–Trinajstić information content (AvgIpc) is 3.19. The van der Waals surface area contributed by atoms with Crippen molar-refractivity contribution in [1.82, 2.24) is 26.4 Å². The Morgan fingerprint density at radius 2 is 1.83 bits per heavy atom. The molecule has 59 heavy (non-hydrogen) atoms. The lowest BCUT2D eigenvalue weighted by molar-refractivity contribution is -0.156. The molecular weight excluding hydrogens is 755 g/mol. The van der Waals surface area contributed by atoms with Gasteiger partial charge in [0.1, 0.15) is 30.0 Å². The van der Waals surface area contributed by atoms with Crippen LogP contribution in [0, 0.1) is 24.7 Å². The summed E-state index contributed by atoms with van der Waals surface area (Å²) in [4.78, 5) is 80.3. The van der Waals surface area contributed by atoms with Gasteiger partial charge < -0.3 is 35.7 Å². The number of nitrogens with zero attached hydrogens (tertiary/aromatic N) is 1. The average molecular weight is 818 g/mol. The summed E-state index contributed by atoms with van der Waals surface area (Å²) >= 11 is 0. The highest BCUT2D eigenvalue weighted by atomic mass is 16.5. The Kier molecular flexibility index (Phi) is 19.6. The third kappa shape index (κ3) is 15.5. The lowest BCUT2D eigenvalue weighted by atomic mass is 9.84. The predicted molar refractivity (Wildman–Crippen MR) is 225 cm³/mol. The van der Waals surface area contributed by atoms with E-state index in [0.717, 1.165) is 11.1 Å². The molecule has 1 aromatic rings. The van der Waals surface area contributed by atoms with Crippen LogP contribution in [-0.2, 0) is 39.9 Å². The molecule has 1 saturated heterocycles. The molecule has 1 fully saturated rings. The van der Waals surface area contributed by atoms with Crippen LogP contribution in [0.2, 0.25) is 0 Å². The highest BCUT2D eigenvalue weighted by Crippen LogP contribution is 2.24. The maximum atomic E-state index is 14.4. The van der Waals surface area contributed by atoms with Gasteiger partial charge >= 0.3 is 5.97 Å². The van der Waals surface area contributed by atoms with Crippen LogP contribution in [0.1, 0.15) is 77.8 Å². The van der Waals surface area contributed by atoms with Crippen molar-refractivity contribution in [3.8, 4) is 0 Å². The van der Waals surface area contributed by atoms with Crippen molar-refractivity contribution in [3.63, 3.8) is 0 Å². The third-order valence-corrected chi connectivity index (χ3v) is 10.5. The van der Waals surface area contributed by atoms with Crippen molar-refractivity contribution in [2.75, 3.05) is 13.1 Å². The number of hydrazine groups is 1. The van der Waals surface area contributed by atoms with Gasteiger partial charge in [-0.05, 0) is 57.1 Å². The fraction of sp³-hybridized carbons (Fsp3) is 0.511. The normalized spacial score (nSPS) is 28.1. The first-order valence-electron chi connectivity index (χ1n) is 20.4. The van der Waals surface area contributed by atoms with Crippen molar-refractivity contribution in [2.45, 2.75) is 117 Å². The van der Waals surface area contributed by atoms with E-state index in [1.165, 1.54) is 24.1 Å². The van der Waals surface area contributed by atoms with E-state index >= 15 is 0 Å². The molecule has 0 spiro atoms. The number of esters is 1. The van der Waals surface area contributed by atoms with Gasteiger partial charge in [0.25, 0.3) is 5.91 Å². The number of hydrogen-bond acceptors (Lipinski definition) is 10. The van der Waals surface area contributed by atoms with Gasteiger partial charge in [-0.1, -0.05) is 93.1 Å². The van der Waals surface area contributed by atoms with Crippen LogP contribution < -0.4 is 21.4 Å². The zero-order valence-corrected chi connectivity index (χ0v) is 35.2. The molecule has 0 radical (unpaired) electrons. The molecule has 0 aromatic heterocycles. The number of aliphatic hydroxyl groups is 2. The summed E-state index contributed by atoms with van der Waals surface area (Å²) in [6.07, 6.45) is 10.3. The Morgan fingerprint density at radius 3 is 2.51 bits per heavy atom. The monoisotopic (exact) mass is 817 g/mol. The zero-order chi connectivity index (χ0) is 43.6. The summed E-state index contributed by atoms with van der Waals surface area (Å²) in [5, 5.41) is 32.2. The molecule has 4 amide bonds. The van der Waals surface area contributed by atoms with E-state index in [-0.39, 0.29) is 43.9 Å². The highest BCUT2D eigenvalue weighted by Gasteiger charge is 2.38. The van der Waals surface area contributed by atoms with Gasteiger partial charge in [-0.25, -0.2) is 5.43 Å². The number of rotatable bonds is 11. The first kappa shape index (κ1) is 48.2. The smallest absolute Gasteiger partial charge is 0.325 e. The van der Waals surface area contributed by atoms with E-state index in [9.17, 15) is 39.0 Å². The number of cyclic esters (lactones) is 1. The molecule has 1 unspecified atom stereocenters. The number of aryl methyl sites for hydroxylation is 1. The van der Waals surface area contributed by atoms with Crippen LogP contribution >= 0.6 is 0 Å². The number of fused-ring (bicyclic) bond motifs is 2. The summed E-state index contributed by atoms with van der Waals surface area (Å²) in [6.45, 7) is 14.3. The molecule has 2 aliphatic heterocycles. The molecule has 14 heteroatoms. The number of amides is 4. The molecule has 2 bridgehead atoms. The van der Waals surface area contributed by atoms with Crippen molar-refractivity contribution in [3.05, 3.63) is 96.2 Å². The first-order chi connectivity index (χ1) is 28.0. The maximum Gasteiger partial charge on any atom is 0.325 e. The largest absolute Gasteiger partial charge is 0.456 e. The molecule has 2 aliphatic rings. The van der Waals surface area contributed by atoms with E-state index in [2.05, 4.69) is 28.0 Å². The predicted octanol–water partition coefficient (Wildman–Crippen LogP) is 3.23. The second kappa shape index (κ2) is 24.0. The van der Waals surface area contributed by atoms with Crippen LogP contribution in [0.15, 0.2) is 85.0 Å². The molecule has 8 atom stereocenters. The minimum absolute atomic E-state index is 0.0100. The Labute approximate surface area is 348 Å². The fourth-order valence-electron chi connectivity index (χ4n) is 6.83. The molecule has 2 heterocycles. The number of ether oxygens (including phenoxy) is 1. The van der Waals surface area contributed by atoms with E-state index in [1.54, 1.807) is 64.2 Å². The summed E-state index contributed by atoms with van der Waals surface area (Å²) in [6, 6.07) is 4.39. The lowest BCUT2D eigenvalue weighted by Gasteiger charge is -2.36. The molecule has 0 saturated carbocycles. The zero-order valence-electron chi connectivity index (χ0n) is 35.2. The minimum Gasteiger partial charge on any atom is -0.456 e. The SMILES string of the molecule is C=CCNC(=O)/C=C/C=C(\C)[C@@H]1C/C=C/C=C/[C@H](O)[C@H](C)[C@@H](O)[C@@H](CCC(C)=O)C(=O)N[C@@H](C(C)C)C(=O)N[C@@H](Cc2cccc(C)c2)C(=O)N2CCCC(N2)C(=O)O1. The number of hydrogen-bond donors (Lipinski definition) is 6. The van der Waals surface area contributed by atoms with Gasteiger partial charge in [0.2, 0.25) is 17.7 Å². The Balaban J connectivity index is 2.07. The van der Waals surface area contributed by atoms with Gasteiger partial charge in [-0.15, -0.1) is 6.58 Å². The van der Waals surface area contributed by atoms with Gasteiger partial charge in [0, 0.05) is 44.3 Å². The fourth-order valence-corrected chi connectivity index (χ4v) is 6.83. The van der Waals surface area contributed by atoms with Crippen LogP contribution in [0.3, 0.4) is 0 Å². The lowest BCUT2D eigenvalue weighted by Crippen LogP contribution is -2.62. The van der Waals surface area contributed by atoms with Crippen LogP contribution in [0.5, 0.6) is 0 Å². The molecule has 3 rings (SSSR count). The molecule has 6 N–H and O–H groups in total. The molecule has 1 aromatic carbocycles. The number of Topliss-reactive ketones (excluding diaryl/α,β-unsaturated/α-hetero) is 1. The van der Waals surface area contributed by atoms with E-state index < -0.39 is 77.9 Å². The number of carbonyl (C=O) groups excluding carboxylic acids is 6. The molecule has 0 aliphatic carbocycles. The summed E-state index contributed by atoms with van der Waals surface area (Å²) in [7, 11) is 0. The summed E-state index contributed by atoms with van der Waals surface area (Å²) in [5.41, 5.74) is 5.40. The second-order valence-corrected chi connectivity index (χ2v) is 15.8. The van der Waals surface area contributed by atoms with Crippen molar-refractivity contribution < 1.29 is 43.7 Å². The van der Waals surface area contributed by atoms with E-state index in [1.807, 2.05) is 31.2 Å². The standard InChI is InChI=1S/C45H63N5O9/c1-8-24-46-39(53)21-13-16-30(5)38-20-11-9-10-19-37(52)32(7)41(54)34(23-22-31(6)51)42(55)48-40(28(2)3)43(56)47-36(27-33-17-12-15-29(4)26-33)44(57)50-25-14-18-35(49-50)45(58)59-38/h8-13,15-17,19,21,26,28,32,34-38,40-41,49,52,54H,1,14,18,20,22-25,27H2,2-7H3,(H,46,53)(H,47,56)(H,48,55)/b11-9+,19-10+,21-13+,30-16+/t32-,34+,35?,36-,37-,38-,40-,41+/m0/s1. The maximum absolute atomic E-state index is 14.4. The third-order valence-electron chi connectivity index (χ3n) is 10.5. The summed E-state index contributed by atoms with van der Waals surface area (Å²) in [5.74, 6) is -5.37. The Hall–Kier alpha value is -5.18. The van der Waals surface area contributed by atoms with Crippen LogP contribution in [0.25, 0.3) is 0 Å². The quantitative estimate of drug-likeness (QED) is 0.0834. The minimum atomic E-state index is -1.40. The molecular formula is C45H63N5O9. The first-order valence-corrected chi connectivity index (χ1v) is 20.4. The topological polar surface area (TPSA) is 203 Å². The molecule has 322 valence electrons. The van der Waals surface area contributed by atoms with Gasteiger partial charge in [-0.2, -0.15) is 0 Å². The van der Waals surface area contributed by atoms with Crippen LogP contribution in [-0.4, -0.2) is 100 Å². The van der Waals surface area contributed by atoms with Crippen LogP contribution in [0.4, 0.5) is 0 Å². The van der Waals surface area contributed by atoms with E-state index in [4.69, 9.17) is 4.74 Å². The highest BCUT2D eigenvalue weighted by molar-refractivity contribution is 5.93. The number of allylic oxidation sites excluding steroid dienone is 4. The van der Waals surface area contributed by atoms with Crippen molar-refractivity contribution >= 4 is 35.4 Å². The Morgan fingerprint density at radius 1 is 1.08 bits per heavy atom. The van der Waals surface area contributed by atoms with Gasteiger partial charge in [-0.3, -0.25) is 29.0 Å².